The molecule has 1 N–H and O–H groups in total. The van der Waals surface area contributed by atoms with Crippen LogP contribution in [0.4, 0.5) is 0 Å². The van der Waals surface area contributed by atoms with Crippen LogP contribution >= 0.6 is 11.3 Å². The van der Waals surface area contributed by atoms with E-state index >= 15 is 0 Å². The lowest BCUT2D eigenvalue weighted by Gasteiger charge is -2.33. The molecular formula is C12H17NO3S. The van der Waals surface area contributed by atoms with Gasteiger partial charge in [0.05, 0.1) is 16.6 Å². The van der Waals surface area contributed by atoms with Gasteiger partial charge in [0.25, 0.3) is 0 Å². The second-order valence-electron chi connectivity index (χ2n) is 4.56. The first kappa shape index (κ1) is 12.5. The maximum absolute atomic E-state index is 11.5. The highest BCUT2D eigenvalue weighted by Crippen LogP contribution is 2.36. The quantitative estimate of drug-likeness (QED) is 0.896. The summed E-state index contributed by atoms with van der Waals surface area (Å²) in [5, 5.41) is 9.42. The van der Waals surface area contributed by atoms with E-state index < -0.39 is 11.4 Å². The molecule has 1 aromatic heterocycles. The van der Waals surface area contributed by atoms with E-state index in [2.05, 4.69) is 4.98 Å². The molecule has 17 heavy (non-hydrogen) atoms. The Bertz CT molecular complexity index is 396. The van der Waals surface area contributed by atoms with Gasteiger partial charge < -0.3 is 9.84 Å². The van der Waals surface area contributed by atoms with Crippen molar-refractivity contribution in [1.29, 1.82) is 0 Å². The first-order chi connectivity index (χ1) is 8.14. The number of hydrogen-bond acceptors (Lipinski definition) is 4. The molecular weight excluding hydrogens is 238 g/mol. The van der Waals surface area contributed by atoms with E-state index in [1.165, 1.54) is 4.88 Å². The highest BCUT2D eigenvalue weighted by atomic mass is 32.1. The summed E-state index contributed by atoms with van der Waals surface area (Å²) in [4.78, 5) is 16.9. The van der Waals surface area contributed by atoms with Crippen molar-refractivity contribution < 1.29 is 14.6 Å². The number of ether oxygens (including phenoxy) is 1. The van der Waals surface area contributed by atoms with Gasteiger partial charge in [-0.05, 0) is 32.6 Å². The number of carbonyl (C=O) groups is 1. The topological polar surface area (TPSA) is 59.4 Å². The van der Waals surface area contributed by atoms with Crippen molar-refractivity contribution in [2.45, 2.75) is 32.6 Å². The molecule has 1 saturated heterocycles. The fourth-order valence-corrected chi connectivity index (χ4v) is 3.03. The largest absolute Gasteiger partial charge is 0.481 e. The summed E-state index contributed by atoms with van der Waals surface area (Å²) in [6, 6.07) is 0. The van der Waals surface area contributed by atoms with Crippen molar-refractivity contribution in [2.75, 3.05) is 13.2 Å². The molecule has 0 radical (unpaired) electrons. The van der Waals surface area contributed by atoms with E-state index in [-0.39, 0.29) is 0 Å². The minimum Gasteiger partial charge on any atom is -0.481 e. The van der Waals surface area contributed by atoms with Crippen LogP contribution in [-0.4, -0.2) is 29.3 Å². The Morgan fingerprint density at radius 2 is 2.29 bits per heavy atom. The molecule has 1 aliphatic heterocycles. The molecule has 0 unspecified atom stereocenters. The molecule has 1 aliphatic rings. The molecule has 0 aromatic carbocycles. The number of carboxylic acids is 1. The van der Waals surface area contributed by atoms with E-state index in [1.54, 1.807) is 11.3 Å². The average Bonchev–Trinajstić information content (AvgIpc) is 2.73. The van der Waals surface area contributed by atoms with Gasteiger partial charge in [-0.25, -0.2) is 4.98 Å². The van der Waals surface area contributed by atoms with Crippen LogP contribution in [0.2, 0.25) is 0 Å². The Labute approximate surface area is 105 Å². The summed E-state index contributed by atoms with van der Waals surface area (Å²) in [5.74, 6) is -0.678. The lowest BCUT2D eigenvalue weighted by molar-refractivity contribution is -0.155. The number of rotatable bonds is 4. The minimum absolute atomic E-state index is 0.563. The van der Waals surface area contributed by atoms with Crippen molar-refractivity contribution >= 4 is 17.3 Å². The van der Waals surface area contributed by atoms with Gasteiger partial charge in [-0.2, -0.15) is 0 Å². The molecule has 5 heteroatoms. The highest BCUT2D eigenvalue weighted by molar-refractivity contribution is 7.09. The third kappa shape index (κ3) is 2.66. The minimum atomic E-state index is -0.678. The molecule has 0 amide bonds. The Kier molecular flexibility index (Phi) is 3.79. The zero-order valence-corrected chi connectivity index (χ0v) is 10.8. The molecule has 0 saturated carbocycles. The van der Waals surface area contributed by atoms with Crippen molar-refractivity contribution in [3.05, 3.63) is 16.1 Å². The smallest absolute Gasteiger partial charge is 0.309 e. The van der Waals surface area contributed by atoms with Gasteiger partial charge >= 0.3 is 5.97 Å². The fourth-order valence-electron chi connectivity index (χ4n) is 2.25. The fraction of sp³-hybridized carbons (Fsp3) is 0.667. The Morgan fingerprint density at radius 1 is 1.59 bits per heavy atom. The van der Waals surface area contributed by atoms with Crippen LogP contribution in [0.5, 0.6) is 0 Å². The van der Waals surface area contributed by atoms with Crippen molar-refractivity contribution in [3.63, 3.8) is 0 Å². The normalized spacial score (nSPS) is 19.1. The molecule has 0 bridgehead atoms. The second-order valence-corrected chi connectivity index (χ2v) is 5.50. The third-order valence-electron chi connectivity index (χ3n) is 3.58. The zero-order valence-electron chi connectivity index (χ0n) is 9.94. The van der Waals surface area contributed by atoms with Crippen LogP contribution in [0.25, 0.3) is 0 Å². The summed E-state index contributed by atoms with van der Waals surface area (Å²) in [6.45, 7) is 3.10. The molecule has 4 nitrogen and oxygen atoms in total. The van der Waals surface area contributed by atoms with Gasteiger partial charge in [0.1, 0.15) is 0 Å². The summed E-state index contributed by atoms with van der Waals surface area (Å²) in [5.41, 5.74) is 2.26. The summed E-state index contributed by atoms with van der Waals surface area (Å²) in [7, 11) is 0. The standard InChI is InChI=1S/C12H17NO3S/c1-9-10(17-8-13-9)2-3-12(11(14)15)4-6-16-7-5-12/h8H,2-7H2,1H3,(H,14,15). The molecule has 1 fully saturated rings. The first-order valence-electron chi connectivity index (χ1n) is 5.84. The molecule has 94 valence electrons. The monoisotopic (exact) mass is 255 g/mol. The van der Waals surface area contributed by atoms with Crippen LogP contribution in [0.15, 0.2) is 5.51 Å². The number of aromatic nitrogens is 1. The van der Waals surface area contributed by atoms with Gasteiger partial charge in [-0.3, -0.25) is 4.79 Å². The maximum atomic E-state index is 11.5. The Morgan fingerprint density at radius 3 is 2.82 bits per heavy atom. The molecule has 0 atom stereocenters. The van der Waals surface area contributed by atoms with E-state index in [0.717, 1.165) is 12.1 Å². The van der Waals surface area contributed by atoms with Crippen LogP contribution in [0, 0.1) is 12.3 Å². The molecule has 2 heterocycles. The van der Waals surface area contributed by atoms with Crippen LogP contribution in [0.1, 0.15) is 29.8 Å². The lowest BCUT2D eigenvalue weighted by Crippen LogP contribution is -2.37. The lowest BCUT2D eigenvalue weighted by atomic mass is 9.76. The van der Waals surface area contributed by atoms with Crippen LogP contribution in [0.3, 0.4) is 0 Å². The number of aliphatic carboxylic acids is 1. The predicted octanol–water partition coefficient (Wildman–Crippen LogP) is 2.27. The number of hydrogen-bond donors (Lipinski definition) is 1. The average molecular weight is 255 g/mol. The number of aryl methyl sites for hydroxylation is 2. The Hall–Kier alpha value is -0.940. The third-order valence-corrected chi connectivity index (χ3v) is 4.57. The first-order valence-corrected chi connectivity index (χ1v) is 6.72. The molecule has 0 spiro atoms. The van der Waals surface area contributed by atoms with E-state index in [4.69, 9.17) is 4.74 Å². The zero-order chi connectivity index (χ0) is 12.3. The van der Waals surface area contributed by atoms with Gasteiger partial charge in [0.2, 0.25) is 0 Å². The van der Waals surface area contributed by atoms with E-state index in [9.17, 15) is 9.90 Å². The molecule has 1 aromatic rings. The maximum Gasteiger partial charge on any atom is 0.309 e. The van der Waals surface area contributed by atoms with E-state index in [0.29, 0.717) is 32.5 Å². The second kappa shape index (κ2) is 5.14. The van der Waals surface area contributed by atoms with Crippen LogP contribution < -0.4 is 0 Å². The summed E-state index contributed by atoms with van der Waals surface area (Å²) in [6.07, 6.45) is 2.75. The van der Waals surface area contributed by atoms with Crippen molar-refractivity contribution in [3.8, 4) is 0 Å². The number of nitrogens with zero attached hydrogens (tertiary/aromatic N) is 1. The van der Waals surface area contributed by atoms with Crippen molar-refractivity contribution in [1.82, 2.24) is 4.98 Å². The number of carboxylic acid groups (broad SMARTS) is 1. The van der Waals surface area contributed by atoms with Gasteiger partial charge in [0, 0.05) is 18.1 Å². The number of thiazole rings is 1. The molecule has 0 aliphatic carbocycles. The predicted molar refractivity (Wildman–Crippen MR) is 65.3 cm³/mol. The SMILES string of the molecule is Cc1ncsc1CCC1(C(=O)O)CCOCC1. The van der Waals surface area contributed by atoms with E-state index in [1.807, 2.05) is 12.4 Å². The van der Waals surface area contributed by atoms with Crippen molar-refractivity contribution in [2.24, 2.45) is 5.41 Å². The summed E-state index contributed by atoms with van der Waals surface area (Å²) < 4.78 is 5.26. The Balaban J connectivity index is 2.03. The molecule has 2 rings (SSSR count). The van der Waals surface area contributed by atoms with Crippen LogP contribution in [-0.2, 0) is 16.0 Å². The van der Waals surface area contributed by atoms with Gasteiger partial charge in [-0.1, -0.05) is 0 Å². The summed E-state index contributed by atoms with van der Waals surface area (Å²) >= 11 is 1.61. The highest BCUT2D eigenvalue weighted by Gasteiger charge is 2.39. The van der Waals surface area contributed by atoms with Gasteiger partial charge in [-0.15, -0.1) is 11.3 Å². The van der Waals surface area contributed by atoms with Gasteiger partial charge in [0.15, 0.2) is 0 Å².